The predicted molar refractivity (Wildman–Crippen MR) is 211 cm³/mol. The van der Waals surface area contributed by atoms with E-state index in [0.29, 0.717) is 55.8 Å². The van der Waals surface area contributed by atoms with Crippen LogP contribution in [0.15, 0.2) is 79.0 Å². The predicted octanol–water partition coefficient (Wildman–Crippen LogP) is 4.09. The Hall–Kier alpha value is -5.00. The van der Waals surface area contributed by atoms with Gasteiger partial charge in [0.05, 0.1) is 35.6 Å². The van der Waals surface area contributed by atoms with E-state index in [1.165, 1.54) is 12.1 Å². The summed E-state index contributed by atoms with van der Waals surface area (Å²) in [5.41, 5.74) is 1.47. The number of carbonyl (C=O) groups is 2. The maximum absolute atomic E-state index is 15.0. The highest BCUT2D eigenvalue weighted by Gasteiger charge is 2.66. The fraction of sp³-hybridized carbons (Fsp3) is 0.450. The van der Waals surface area contributed by atoms with E-state index in [2.05, 4.69) is 20.5 Å². The molecule has 5 heterocycles. The summed E-state index contributed by atoms with van der Waals surface area (Å²) >= 11 is 0. The Morgan fingerprint density at radius 1 is 1.02 bits per heavy atom. The molecule has 0 radical (unpaired) electrons. The fourth-order valence-electron chi connectivity index (χ4n) is 9.67. The number of benzene rings is 3. The maximum Gasteiger partial charge on any atom is 0.269 e. The highest BCUT2D eigenvalue weighted by molar-refractivity contribution is 6.71. The number of piperidine rings is 1. The number of amides is 2. The van der Waals surface area contributed by atoms with E-state index in [1.807, 2.05) is 79.5 Å². The lowest BCUT2D eigenvalue weighted by Crippen LogP contribution is -2.55. The van der Waals surface area contributed by atoms with Crippen molar-refractivity contribution in [3.05, 3.63) is 106 Å². The number of nitro groups is 1. The summed E-state index contributed by atoms with van der Waals surface area (Å²) in [4.78, 5) is 58.2. The molecular weight excluding hydrogens is 733 g/mol. The molecule has 0 unspecified atom stereocenters. The average Bonchev–Trinajstić information content (AvgIpc) is 3.90. The van der Waals surface area contributed by atoms with Crippen LogP contribution in [0.2, 0.25) is 18.6 Å². The second kappa shape index (κ2) is 14.5. The number of aryl methyl sites for hydroxylation is 1. The van der Waals surface area contributed by atoms with E-state index < -0.39 is 36.4 Å². The zero-order valence-electron chi connectivity index (χ0n) is 31.9. The van der Waals surface area contributed by atoms with Crippen molar-refractivity contribution < 1.29 is 29.2 Å². The van der Waals surface area contributed by atoms with E-state index in [9.17, 15) is 29.6 Å². The van der Waals surface area contributed by atoms with Crippen LogP contribution in [0.3, 0.4) is 0 Å². The SMILES string of the molecule is C[C@@H]1[C@@H]([Si](C)(C)O)[C@H](CCn2cc(CCO)nn2)O[C@@]12C(=O)N(Cc1ccc(N3CN(c4ccccc4)C4(CCNCC4)C3=O)cc1)c1ccc([N+](=O)[O-])cc12. The summed E-state index contributed by atoms with van der Waals surface area (Å²) in [6.45, 7) is 8.04. The minimum Gasteiger partial charge on any atom is -0.432 e. The number of nitro benzene ring substituents is 1. The van der Waals surface area contributed by atoms with E-state index in [0.717, 1.165) is 30.0 Å². The highest BCUT2D eigenvalue weighted by atomic mass is 28.4. The van der Waals surface area contributed by atoms with Crippen molar-refractivity contribution in [1.82, 2.24) is 20.3 Å². The molecule has 294 valence electrons. The molecule has 3 N–H and O–H groups in total. The van der Waals surface area contributed by atoms with Crippen LogP contribution in [0.4, 0.5) is 22.7 Å². The van der Waals surface area contributed by atoms with E-state index in [-0.39, 0.29) is 36.2 Å². The number of hydrogen-bond acceptors (Lipinski definition) is 11. The molecule has 3 aromatic carbocycles. The Balaban J connectivity index is 1.08. The van der Waals surface area contributed by atoms with Crippen LogP contribution >= 0.6 is 0 Å². The molecule has 3 fully saturated rings. The van der Waals surface area contributed by atoms with Gasteiger partial charge in [0, 0.05) is 66.3 Å². The minimum absolute atomic E-state index is 0.0461. The number of para-hydroxylation sites is 1. The van der Waals surface area contributed by atoms with Gasteiger partial charge in [-0.15, -0.1) is 5.10 Å². The number of non-ortho nitro benzene ring substituents is 1. The number of fused-ring (bicyclic) bond motifs is 2. The summed E-state index contributed by atoms with van der Waals surface area (Å²) in [5.74, 6) is -0.761. The Morgan fingerprint density at radius 3 is 2.43 bits per heavy atom. The van der Waals surface area contributed by atoms with Gasteiger partial charge in [0.25, 0.3) is 17.5 Å². The minimum atomic E-state index is -2.99. The molecule has 3 saturated heterocycles. The van der Waals surface area contributed by atoms with Gasteiger partial charge in [-0.1, -0.05) is 42.5 Å². The first-order valence-corrected chi connectivity index (χ1v) is 22.3. The Kier molecular flexibility index (Phi) is 9.81. The quantitative estimate of drug-likeness (QED) is 0.113. The van der Waals surface area contributed by atoms with Crippen LogP contribution < -0.4 is 20.0 Å². The third-order valence-electron chi connectivity index (χ3n) is 12.3. The molecule has 0 bridgehead atoms. The van der Waals surface area contributed by atoms with Crippen LogP contribution in [0, 0.1) is 16.0 Å². The molecule has 4 atom stereocenters. The molecule has 2 amide bonds. The third kappa shape index (κ3) is 6.29. The zero-order chi connectivity index (χ0) is 39.4. The molecule has 8 rings (SSSR count). The number of hydrogen-bond donors (Lipinski definition) is 3. The van der Waals surface area contributed by atoms with Crippen molar-refractivity contribution in [2.75, 3.05) is 41.1 Å². The number of rotatable bonds is 11. The molecular formula is C40H48N8O7Si. The summed E-state index contributed by atoms with van der Waals surface area (Å²) in [7, 11) is -2.99. The number of anilines is 3. The third-order valence-corrected chi connectivity index (χ3v) is 14.8. The Bertz CT molecular complexity index is 2120. The van der Waals surface area contributed by atoms with Gasteiger partial charge in [0.2, 0.25) is 0 Å². The summed E-state index contributed by atoms with van der Waals surface area (Å²) in [6, 6.07) is 22.2. The molecule has 2 spiro atoms. The first kappa shape index (κ1) is 37.9. The van der Waals surface area contributed by atoms with Crippen LogP contribution in [0.25, 0.3) is 0 Å². The van der Waals surface area contributed by atoms with Crippen LogP contribution in [0.1, 0.15) is 43.0 Å². The highest BCUT2D eigenvalue weighted by Crippen LogP contribution is 2.60. The number of aliphatic hydroxyl groups is 1. The molecule has 0 saturated carbocycles. The zero-order valence-corrected chi connectivity index (χ0v) is 32.9. The van der Waals surface area contributed by atoms with Gasteiger partial charge in [-0.3, -0.25) is 29.3 Å². The van der Waals surface area contributed by atoms with Crippen molar-refractivity contribution in [1.29, 1.82) is 0 Å². The molecule has 1 aromatic heterocycles. The standard InChI is InChI=1S/C40H48N8O7Si/c1-27-36(56(2,3)54)35(15-21-44-25-29(16-22-49)42-43-44)55-40(27)33-23-32(48(52)53)13-14-34(33)45(38(40)51)24-28-9-11-30(12-10-28)46-26-47(31-7-5-4-6-8-31)39(37(46)50)17-19-41-20-18-39/h4-14,23,25,27,35-36,41,49,54H,15-22,24,26H2,1-3H3/t27-,35+,36-,40+/m1/s1. The Labute approximate surface area is 326 Å². The van der Waals surface area contributed by atoms with Crippen molar-refractivity contribution in [2.24, 2.45) is 5.92 Å². The number of carbonyl (C=O) groups excluding carboxylic acids is 2. The summed E-state index contributed by atoms with van der Waals surface area (Å²) < 4.78 is 8.55. The van der Waals surface area contributed by atoms with Crippen molar-refractivity contribution >= 4 is 42.9 Å². The van der Waals surface area contributed by atoms with Crippen molar-refractivity contribution in [2.45, 2.75) is 81.6 Å². The molecule has 4 aromatic rings. The smallest absolute Gasteiger partial charge is 0.269 e. The average molecular weight is 781 g/mol. The molecule has 0 aliphatic carbocycles. The van der Waals surface area contributed by atoms with Crippen molar-refractivity contribution in [3.63, 3.8) is 0 Å². The van der Waals surface area contributed by atoms with Crippen LogP contribution in [-0.2, 0) is 39.4 Å². The van der Waals surface area contributed by atoms with Gasteiger partial charge in [-0.25, -0.2) is 0 Å². The second-order valence-electron chi connectivity index (χ2n) is 16.0. The molecule has 4 aliphatic heterocycles. The van der Waals surface area contributed by atoms with Gasteiger partial charge in [-0.05, 0) is 81.3 Å². The number of aliphatic hydroxyl groups excluding tert-OH is 1. The number of nitrogens with one attached hydrogen (secondary N) is 1. The van der Waals surface area contributed by atoms with Gasteiger partial charge in [-0.2, -0.15) is 0 Å². The van der Waals surface area contributed by atoms with Crippen LogP contribution in [0.5, 0.6) is 0 Å². The second-order valence-corrected chi connectivity index (χ2v) is 20.0. The van der Waals surface area contributed by atoms with Crippen LogP contribution in [-0.4, -0.2) is 88.0 Å². The number of nitrogens with zero attached hydrogens (tertiary/aromatic N) is 7. The van der Waals surface area contributed by atoms with Crippen molar-refractivity contribution in [3.8, 4) is 0 Å². The topological polar surface area (TPSA) is 179 Å². The van der Waals surface area contributed by atoms with E-state index in [4.69, 9.17) is 4.74 Å². The number of ether oxygens (including phenoxy) is 1. The largest absolute Gasteiger partial charge is 0.432 e. The molecule has 16 heteroatoms. The first-order chi connectivity index (χ1) is 26.9. The fourth-order valence-corrected chi connectivity index (χ4v) is 12.3. The summed E-state index contributed by atoms with van der Waals surface area (Å²) in [5, 5.41) is 33.1. The molecule has 15 nitrogen and oxygen atoms in total. The van der Waals surface area contributed by atoms with Gasteiger partial charge in [0.15, 0.2) is 13.9 Å². The van der Waals surface area contributed by atoms with Gasteiger partial charge in [0.1, 0.15) is 5.54 Å². The van der Waals surface area contributed by atoms with E-state index in [1.54, 1.807) is 21.8 Å². The lowest BCUT2D eigenvalue weighted by molar-refractivity contribution is -0.385. The lowest BCUT2D eigenvalue weighted by atomic mass is 9.82. The number of aromatic nitrogens is 3. The van der Waals surface area contributed by atoms with E-state index >= 15 is 0 Å². The summed E-state index contributed by atoms with van der Waals surface area (Å²) in [6.07, 6.45) is 3.42. The monoisotopic (exact) mass is 780 g/mol. The van der Waals surface area contributed by atoms with Gasteiger partial charge < -0.3 is 29.8 Å². The Morgan fingerprint density at radius 2 is 1.75 bits per heavy atom. The lowest BCUT2D eigenvalue weighted by Gasteiger charge is -2.39. The normalized spacial score (nSPS) is 24.5. The van der Waals surface area contributed by atoms with Gasteiger partial charge >= 0.3 is 0 Å². The first-order valence-electron chi connectivity index (χ1n) is 19.3. The molecule has 56 heavy (non-hydrogen) atoms. The maximum atomic E-state index is 15.0. The molecule has 4 aliphatic rings.